The van der Waals surface area contributed by atoms with E-state index >= 15 is 0 Å². The van der Waals surface area contributed by atoms with Crippen molar-refractivity contribution in [1.82, 2.24) is 0 Å². The van der Waals surface area contributed by atoms with Gasteiger partial charge in [-0.25, -0.2) is 4.79 Å². The van der Waals surface area contributed by atoms with Crippen molar-refractivity contribution in [1.29, 1.82) is 0 Å². The number of ether oxygens (including phenoxy) is 1. The van der Waals surface area contributed by atoms with Crippen molar-refractivity contribution in [2.24, 2.45) is 38.7 Å². The lowest BCUT2D eigenvalue weighted by molar-refractivity contribution is -0.162. The number of fused-ring (bicyclic) bond motifs is 1. The predicted octanol–water partition coefficient (Wildman–Crippen LogP) is 8.83. The van der Waals surface area contributed by atoms with Crippen molar-refractivity contribution in [3.8, 4) is 0 Å². The van der Waals surface area contributed by atoms with E-state index in [1.54, 1.807) is 0 Å². The van der Waals surface area contributed by atoms with Crippen LogP contribution in [0.15, 0.2) is 47.6 Å². The first-order valence-corrected chi connectivity index (χ1v) is 14.2. The normalized spacial score (nSPS) is 15.1. The lowest BCUT2D eigenvalue weighted by atomic mass is 9.54. The molecule has 2 rings (SSSR count). The number of rotatable bonds is 10. The van der Waals surface area contributed by atoms with Crippen molar-refractivity contribution in [3.63, 3.8) is 0 Å². The highest BCUT2D eigenvalue weighted by atomic mass is 16.7. The van der Waals surface area contributed by atoms with E-state index in [1.807, 2.05) is 32.0 Å². The smallest absolute Gasteiger partial charge is 0.338 e. The highest BCUT2D eigenvalue weighted by molar-refractivity contribution is 6.02. The first-order valence-electron chi connectivity index (χ1n) is 14.2. The van der Waals surface area contributed by atoms with E-state index in [1.165, 1.54) is 0 Å². The fraction of sp³-hybridized carbons (Fsp3) is 0.618. The number of nitrogens with zero attached hydrogens (tertiary/aromatic N) is 1. The number of hydrogen-bond donors (Lipinski definition) is 0. The third kappa shape index (κ3) is 8.40. The maximum Gasteiger partial charge on any atom is 0.338 e. The second kappa shape index (κ2) is 12.2. The first kappa shape index (κ1) is 32.5. The molecule has 0 heterocycles. The van der Waals surface area contributed by atoms with Gasteiger partial charge in [0.15, 0.2) is 0 Å². The largest absolute Gasteiger partial charge is 0.466 e. The Hall–Kier alpha value is -2.69. The molecule has 216 valence electrons. The molecular formula is C34H51NO4. The van der Waals surface area contributed by atoms with E-state index in [2.05, 4.69) is 98.7 Å². The summed E-state index contributed by atoms with van der Waals surface area (Å²) in [4.78, 5) is 32.4. The Morgan fingerprint density at radius 3 is 1.92 bits per heavy atom. The molecule has 0 amide bonds. The van der Waals surface area contributed by atoms with Gasteiger partial charge < -0.3 is 9.57 Å². The maximum atomic E-state index is 13.8. The maximum absolute atomic E-state index is 13.8. The first-order chi connectivity index (χ1) is 17.8. The Morgan fingerprint density at radius 1 is 0.795 bits per heavy atom. The molecule has 0 aromatic heterocycles. The minimum Gasteiger partial charge on any atom is -0.466 e. The molecule has 5 nitrogen and oxygen atoms in total. The Balaban J connectivity index is 2.38. The summed E-state index contributed by atoms with van der Waals surface area (Å²) in [6.45, 7) is 25.2. The number of esters is 1. The Kier molecular flexibility index (Phi) is 10.2. The molecule has 0 spiro atoms. The quantitative estimate of drug-likeness (QED) is 0.131. The third-order valence-corrected chi connectivity index (χ3v) is 8.49. The Morgan fingerprint density at radius 2 is 1.38 bits per heavy atom. The molecule has 39 heavy (non-hydrogen) atoms. The highest BCUT2D eigenvalue weighted by Crippen LogP contribution is 2.53. The highest BCUT2D eigenvalue weighted by Gasteiger charge is 2.51. The van der Waals surface area contributed by atoms with Crippen LogP contribution in [-0.2, 0) is 19.2 Å². The molecule has 0 aliphatic carbocycles. The van der Waals surface area contributed by atoms with Gasteiger partial charge in [-0.05, 0) is 70.8 Å². The number of oxime groups is 1. The number of carbonyl (C=O) groups excluding carboxylic acids is 2. The van der Waals surface area contributed by atoms with Crippen molar-refractivity contribution in [3.05, 3.63) is 48.0 Å². The minimum atomic E-state index is -0.500. The lowest BCUT2D eigenvalue weighted by Crippen LogP contribution is -2.47. The minimum absolute atomic E-state index is 0.112. The Bertz CT molecular complexity index is 1180. The average Bonchev–Trinajstić information content (AvgIpc) is 2.82. The summed E-state index contributed by atoms with van der Waals surface area (Å²) < 4.78 is 5.46. The molecule has 2 aromatic carbocycles. The SMILES string of the molecule is CCOC(=O)C(CC(C)(C)C(C)(C)C(CC(C)(C)C)C(=O)O/N=C(/C)c1ccc2ccccc2c1)C(C)(C)C. The molecule has 2 atom stereocenters. The van der Waals surface area contributed by atoms with Crippen molar-refractivity contribution < 1.29 is 19.2 Å². The van der Waals surface area contributed by atoms with Crippen LogP contribution in [0.1, 0.15) is 101 Å². The van der Waals surface area contributed by atoms with E-state index in [0.717, 1.165) is 16.3 Å². The summed E-state index contributed by atoms with van der Waals surface area (Å²) >= 11 is 0. The van der Waals surface area contributed by atoms with E-state index < -0.39 is 11.3 Å². The summed E-state index contributed by atoms with van der Waals surface area (Å²) in [5.41, 5.74) is 0.287. The van der Waals surface area contributed by atoms with Crippen molar-refractivity contribution >= 4 is 28.4 Å². The van der Waals surface area contributed by atoms with Crippen molar-refractivity contribution in [2.75, 3.05) is 6.61 Å². The summed E-state index contributed by atoms with van der Waals surface area (Å²) in [6.07, 6.45) is 1.22. The summed E-state index contributed by atoms with van der Waals surface area (Å²) in [7, 11) is 0. The van der Waals surface area contributed by atoms with Gasteiger partial charge in [0.05, 0.1) is 24.2 Å². The Labute approximate surface area is 236 Å². The summed E-state index contributed by atoms with van der Waals surface area (Å²) in [6, 6.07) is 14.3. The summed E-state index contributed by atoms with van der Waals surface area (Å²) in [5, 5.41) is 6.55. The fourth-order valence-electron chi connectivity index (χ4n) is 5.12. The molecule has 0 fully saturated rings. The molecule has 0 aliphatic heterocycles. The van der Waals surface area contributed by atoms with Gasteiger partial charge in [-0.1, -0.05) is 111 Å². The predicted molar refractivity (Wildman–Crippen MR) is 162 cm³/mol. The van der Waals surface area contributed by atoms with Gasteiger partial charge in [0.25, 0.3) is 0 Å². The molecule has 2 aromatic rings. The second-order valence-corrected chi connectivity index (χ2v) is 14.4. The van der Waals surface area contributed by atoms with Gasteiger partial charge in [-0.15, -0.1) is 0 Å². The van der Waals surface area contributed by atoms with Gasteiger partial charge in [0.2, 0.25) is 0 Å². The lowest BCUT2D eigenvalue weighted by Gasteiger charge is -2.49. The molecule has 0 aliphatic rings. The second-order valence-electron chi connectivity index (χ2n) is 14.4. The summed E-state index contributed by atoms with van der Waals surface area (Å²) in [5.74, 6) is -1.25. The van der Waals surface area contributed by atoms with Crippen LogP contribution in [0.5, 0.6) is 0 Å². The van der Waals surface area contributed by atoms with Gasteiger partial charge in [-0.3, -0.25) is 4.79 Å². The zero-order chi connectivity index (χ0) is 29.8. The van der Waals surface area contributed by atoms with Crippen LogP contribution in [0, 0.1) is 33.5 Å². The molecule has 0 saturated heterocycles. The van der Waals surface area contributed by atoms with E-state index in [-0.39, 0.29) is 34.1 Å². The van der Waals surface area contributed by atoms with Crippen LogP contribution in [0.2, 0.25) is 0 Å². The molecule has 0 radical (unpaired) electrons. The molecular weight excluding hydrogens is 486 g/mol. The average molecular weight is 538 g/mol. The number of carbonyl (C=O) groups is 2. The zero-order valence-corrected chi connectivity index (χ0v) is 26.4. The number of benzene rings is 2. The van der Waals surface area contributed by atoms with Crippen molar-refractivity contribution in [2.45, 2.75) is 95.9 Å². The molecule has 0 saturated carbocycles. The van der Waals surface area contributed by atoms with E-state index in [0.29, 0.717) is 25.2 Å². The molecule has 0 bridgehead atoms. The van der Waals surface area contributed by atoms with Crippen LogP contribution in [0.3, 0.4) is 0 Å². The van der Waals surface area contributed by atoms with Crippen LogP contribution >= 0.6 is 0 Å². The van der Waals surface area contributed by atoms with Crippen LogP contribution in [-0.4, -0.2) is 24.3 Å². The van der Waals surface area contributed by atoms with Crippen LogP contribution in [0.4, 0.5) is 0 Å². The monoisotopic (exact) mass is 537 g/mol. The van der Waals surface area contributed by atoms with E-state index in [4.69, 9.17) is 9.57 Å². The van der Waals surface area contributed by atoms with Gasteiger partial charge in [-0.2, -0.15) is 0 Å². The van der Waals surface area contributed by atoms with Crippen LogP contribution < -0.4 is 0 Å². The topological polar surface area (TPSA) is 65.0 Å². The molecule has 0 N–H and O–H groups in total. The zero-order valence-electron chi connectivity index (χ0n) is 26.4. The van der Waals surface area contributed by atoms with Crippen LogP contribution in [0.25, 0.3) is 10.8 Å². The van der Waals surface area contributed by atoms with E-state index in [9.17, 15) is 9.59 Å². The van der Waals surface area contributed by atoms with Gasteiger partial charge in [0, 0.05) is 0 Å². The third-order valence-electron chi connectivity index (χ3n) is 8.49. The number of hydrogen-bond acceptors (Lipinski definition) is 5. The standard InChI is InChI=1S/C34H51NO4/c1-13-38-29(36)27(32(6,7)8)22-33(9,10)34(11,12)28(21-31(3,4)5)30(37)39-35-23(2)25-19-18-24-16-14-15-17-26(24)20-25/h14-20,27-28H,13,21-22H2,1-12H3/b35-23-. The van der Waals surface area contributed by atoms with Gasteiger partial charge in [0.1, 0.15) is 0 Å². The molecule has 5 heteroatoms. The fourth-order valence-corrected chi connectivity index (χ4v) is 5.12. The van der Waals surface area contributed by atoms with Gasteiger partial charge >= 0.3 is 11.9 Å². The molecule has 2 unspecified atom stereocenters.